The molecular weight excluding hydrogens is 368 g/mol. The molecular formula is C17H22N6OS2. The molecule has 138 valence electrons. The first kappa shape index (κ1) is 18.7. The Hall–Kier alpha value is -2.13. The highest BCUT2D eigenvalue weighted by molar-refractivity contribution is 8.00. The van der Waals surface area contributed by atoms with E-state index in [0.29, 0.717) is 5.82 Å². The van der Waals surface area contributed by atoms with Crippen molar-refractivity contribution < 1.29 is 4.79 Å². The minimum absolute atomic E-state index is 0.0785. The molecule has 0 saturated heterocycles. The van der Waals surface area contributed by atoms with Gasteiger partial charge in [0, 0.05) is 23.5 Å². The average Bonchev–Trinajstić information content (AvgIpc) is 3.34. The van der Waals surface area contributed by atoms with Crippen LogP contribution in [0.15, 0.2) is 41.3 Å². The highest BCUT2D eigenvalue weighted by atomic mass is 32.2. The van der Waals surface area contributed by atoms with Crippen molar-refractivity contribution in [2.24, 2.45) is 0 Å². The Kier molecular flexibility index (Phi) is 6.10. The van der Waals surface area contributed by atoms with Gasteiger partial charge in [-0.05, 0) is 38.6 Å². The van der Waals surface area contributed by atoms with E-state index in [4.69, 9.17) is 0 Å². The molecule has 3 rings (SSSR count). The van der Waals surface area contributed by atoms with Gasteiger partial charge in [0.2, 0.25) is 5.91 Å². The number of nitrogens with one attached hydrogen (secondary N) is 1. The SMILES string of the molecule is CC(Sc1nncn1CCc1cccs1)C(=O)Nc1ccnn1C(C)C. The molecule has 0 aromatic carbocycles. The van der Waals surface area contributed by atoms with Gasteiger partial charge >= 0.3 is 0 Å². The largest absolute Gasteiger partial charge is 0.310 e. The molecule has 0 fully saturated rings. The minimum Gasteiger partial charge on any atom is -0.310 e. The molecule has 0 saturated carbocycles. The van der Waals surface area contributed by atoms with Crippen LogP contribution in [-0.2, 0) is 17.8 Å². The van der Waals surface area contributed by atoms with Crippen molar-refractivity contribution in [2.75, 3.05) is 5.32 Å². The van der Waals surface area contributed by atoms with Crippen molar-refractivity contribution >= 4 is 34.8 Å². The monoisotopic (exact) mass is 390 g/mol. The van der Waals surface area contributed by atoms with Crippen molar-refractivity contribution in [3.63, 3.8) is 0 Å². The molecule has 26 heavy (non-hydrogen) atoms. The van der Waals surface area contributed by atoms with E-state index >= 15 is 0 Å². The molecule has 1 atom stereocenters. The second kappa shape index (κ2) is 8.50. The summed E-state index contributed by atoms with van der Waals surface area (Å²) in [6.07, 6.45) is 4.33. The standard InChI is InChI=1S/C17H22N6OS2/c1-12(2)23-15(6-8-19-23)20-16(24)13(3)26-17-21-18-11-22(17)9-7-14-5-4-10-25-14/h4-6,8,10-13H,7,9H2,1-3H3,(H,20,24). The fraction of sp³-hybridized carbons (Fsp3) is 0.412. The molecule has 1 unspecified atom stereocenters. The Morgan fingerprint density at radius 3 is 2.92 bits per heavy atom. The number of anilines is 1. The lowest BCUT2D eigenvalue weighted by molar-refractivity contribution is -0.115. The van der Waals surface area contributed by atoms with Crippen molar-refractivity contribution in [2.45, 2.75) is 50.2 Å². The maximum atomic E-state index is 12.5. The zero-order valence-corrected chi connectivity index (χ0v) is 16.6. The molecule has 0 aliphatic rings. The predicted octanol–water partition coefficient (Wildman–Crippen LogP) is 3.48. The first-order valence-corrected chi connectivity index (χ1v) is 10.2. The second-order valence-electron chi connectivity index (χ2n) is 6.14. The van der Waals surface area contributed by atoms with E-state index in [2.05, 4.69) is 38.1 Å². The van der Waals surface area contributed by atoms with Crippen molar-refractivity contribution in [3.8, 4) is 0 Å². The van der Waals surface area contributed by atoms with Gasteiger partial charge in [0.15, 0.2) is 5.16 Å². The Bertz CT molecular complexity index is 839. The third kappa shape index (κ3) is 4.53. The van der Waals surface area contributed by atoms with Crippen LogP contribution in [-0.4, -0.2) is 35.7 Å². The van der Waals surface area contributed by atoms with Crippen LogP contribution in [0.5, 0.6) is 0 Å². The maximum absolute atomic E-state index is 12.5. The zero-order valence-electron chi connectivity index (χ0n) is 15.0. The van der Waals surface area contributed by atoms with Gasteiger partial charge in [-0.25, -0.2) is 4.68 Å². The third-order valence-corrected chi connectivity index (χ3v) is 5.85. The molecule has 7 nitrogen and oxygen atoms in total. The van der Waals surface area contributed by atoms with Gasteiger partial charge in [-0.15, -0.1) is 21.5 Å². The molecule has 0 bridgehead atoms. The Labute approximate surface area is 160 Å². The van der Waals surface area contributed by atoms with Crippen LogP contribution in [0, 0.1) is 0 Å². The topological polar surface area (TPSA) is 77.6 Å². The third-order valence-electron chi connectivity index (χ3n) is 3.82. The number of nitrogens with zero attached hydrogens (tertiary/aromatic N) is 5. The minimum atomic E-state index is -0.296. The van der Waals surface area contributed by atoms with E-state index in [1.807, 2.05) is 25.3 Å². The average molecular weight is 391 g/mol. The molecule has 0 spiro atoms. The summed E-state index contributed by atoms with van der Waals surface area (Å²) >= 11 is 3.15. The molecule has 1 N–H and O–H groups in total. The van der Waals surface area contributed by atoms with Gasteiger partial charge in [0.25, 0.3) is 0 Å². The van der Waals surface area contributed by atoms with Crippen LogP contribution < -0.4 is 5.32 Å². The summed E-state index contributed by atoms with van der Waals surface area (Å²) in [5.74, 6) is 0.627. The van der Waals surface area contributed by atoms with Crippen LogP contribution in [0.4, 0.5) is 5.82 Å². The van der Waals surface area contributed by atoms with Crippen molar-refractivity contribution in [3.05, 3.63) is 41.0 Å². The summed E-state index contributed by atoms with van der Waals surface area (Å²) in [6, 6.07) is 6.16. The molecule has 0 aliphatic carbocycles. The van der Waals surface area contributed by atoms with E-state index < -0.39 is 0 Å². The van der Waals surface area contributed by atoms with Crippen LogP contribution in [0.25, 0.3) is 0 Å². The van der Waals surface area contributed by atoms with Gasteiger partial charge < -0.3 is 9.88 Å². The highest BCUT2D eigenvalue weighted by Crippen LogP contribution is 2.23. The fourth-order valence-corrected chi connectivity index (χ4v) is 3.99. The first-order valence-electron chi connectivity index (χ1n) is 8.46. The summed E-state index contributed by atoms with van der Waals surface area (Å²) in [6.45, 7) is 6.71. The fourth-order valence-electron chi connectivity index (χ4n) is 2.44. The number of thioether (sulfide) groups is 1. The number of thiophene rings is 1. The molecule has 0 aliphatic heterocycles. The summed E-state index contributed by atoms with van der Waals surface area (Å²) < 4.78 is 3.78. The molecule has 9 heteroatoms. The normalized spacial score (nSPS) is 12.5. The Morgan fingerprint density at radius 1 is 1.35 bits per heavy atom. The number of carbonyl (C=O) groups excluding carboxylic acids is 1. The lowest BCUT2D eigenvalue weighted by atomic mass is 10.3. The summed E-state index contributed by atoms with van der Waals surface area (Å²) in [5.41, 5.74) is 0. The number of aryl methyl sites for hydroxylation is 2. The summed E-state index contributed by atoms with van der Waals surface area (Å²) in [7, 11) is 0. The number of amides is 1. The van der Waals surface area contributed by atoms with E-state index in [0.717, 1.165) is 18.1 Å². The van der Waals surface area contributed by atoms with Crippen LogP contribution in [0.1, 0.15) is 31.7 Å². The van der Waals surface area contributed by atoms with Crippen LogP contribution in [0.3, 0.4) is 0 Å². The summed E-state index contributed by atoms with van der Waals surface area (Å²) in [5, 5.41) is 17.9. The van der Waals surface area contributed by atoms with E-state index in [-0.39, 0.29) is 17.2 Å². The quantitative estimate of drug-likeness (QED) is 0.596. The lowest BCUT2D eigenvalue weighted by Crippen LogP contribution is -2.25. The van der Waals surface area contributed by atoms with Crippen molar-refractivity contribution in [1.82, 2.24) is 24.5 Å². The number of carbonyl (C=O) groups is 1. The van der Waals surface area contributed by atoms with Gasteiger partial charge in [-0.3, -0.25) is 4.79 Å². The highest BCUT2D eigenvalue weighted by Gasteiger charge is 2.19. The van der Waals surface area contributed by atoms with Gasteiger partial charge in [-0.2, -0.15) is 5.10 Å². The lowest BCUT2D eigenvalue weighted by Gasteiger charge is -2.15. The molecule has 3 aromatic heterocycles. The number of aromatic nitrogens is 5. The molecule has 1 amide bonds. The van der Waals surface area contributed by atoms with Crippen molar-refractivity contribution in [1.29, 1.82) is 0 Å². The Morgan fingerprint density at radius 2 is 2.19 bits per heavy atom. The number of hydrogen-bond acceptors (Lipinski definition) is 6. The Balaban J connectivity index is 1.59. The molecule has 3 heterocycles. The maximum Gasteiger partial charge on any atom is 0.238 e. The van der Waals surface area contributed by atoms with E-state index in [1.54, 1.807) is 34.6 Å². The van der Waals surface area contributed by atoms with Gasteiger partial charge in [-0.1, -0.05) is 17.8 Å². The zero-order chi connectivity index (χ0) is 18.5. The molecule has 3 aromatic rings. The number of rotatable bonds is 8. The predicted molar refractivity (Wildman–Crippen MR) is 105 cm³/mol. The van der Waals surface area contributed by atoms with E-state index in [1.165, 1.54) is 16.6 Å². The summed E-state index contributed by atoms with van der Waals surface area (Å²) in [4.78, 5) is 13.9. The first-order chi connectivity index (χ1) is 12.5. The number of hydrogen-bond donors (Lipinski definition) is 1. The second-order valence-corrected chi connectivity index (χ2v) is 8.48. The van der Waals surface area contributed by atoms with Crippen LogP contribution in [0.2, 0.25) is 0 Å². The van der Waals surface area contributed by atoms with Gasteiger partial charge in [0.1, 0.15) is 12.1 Å². The van der Waals surface area contributed by atoms with Gasteiger partial charge in [0.05, 0.1) is 11.4 Å². The smallest absolute Gasteiger partial charge is 0.238 e. The van der Waals surface area contributed by atoms with E-state index in [9.17, 15) is 4.79 Å². The van der Waals surface area contributed by atoms with Crippen LogP contribution >= 0.6 is 23.1 Å². The molecule has 0 radical (unpaired) electrons.